The van der Waals surface area contributed by atoms with Crippen LogP contribution in [0.1, 0.15) is 194 Å². The predicted molar refractivity (Wildman–Crippen MR) is 417 cm³/mol. The third kappa shape index (κ3) is 98.3. The van der Waals surface area contributed by atoms with E-state index in [4.69, 9.17) is 124 Å². The van der Waals surface area contributed by atoms with Gasteiger partial charge in [0.15, 0.2) is 6.10 Å². The Kier molecular flexibility index (Phi) is 98.3. The largest absolute Gasteiger partial charge is 0.462 e. The van der Waals surface area contributed by atoms with Crippen molar-refractivity contribution < 1.29 is 133 Å². The Morgan fingerprint density at radius 2 is 0.349 bits per heavy atom. The van der Waals surface area contributed by atoms with Crippen molar-refractivity contribution in [2.45, 2.75) is 200 Å². The van der Waals surface area contributed by atoms with Gasteiger partial charge in [0.05, 0.1) is 311 Å². The zero-order valence-corrected chi connectivity index (χ0v) is 68.8. The molecule has 0 aliphatic heterocycles. The molecule has 28 heteroatoms. The van der Waals surface area contributed by atoms with Gasteiger partial charge in [-0.15, -0.1) is 0 Å². The lowest BCUT2D eigenvalue weighted by atomic mass is 10.0. The molecule has 0 unspecified atom stereocenters. The minimum absolute atomic E-state index is 0.0112. The molecule has 1 atom stereocenters. The number of aliphatic hydroxyl groups excluding tert-OH is 1. The summed E-state index contributed by atoms with van der Waals surface area (Å²) >= 11 is 0. The number of unbranched alkanes of at least 4 members (excludes halogenated alkanes) is 24. The van der Waals surface area contributed by atoms with Gasteiger partial charge in [-0.05, 0) is 12.8 Å². The van der Waals surface area contributed by atoms with E-state index >= 15 is 0 Å². The summed E-state index contributed by atoms with van der Waals surface area (Å²) in [6.45, 7) is 25.5. The molecule has 0 amide bonds. The summed E-state index contributed by atoms with van der Waals surface area (Å²) in [5.41, 5.74) is 0. The molecule has 0 radical (unpaired) electrons. The molecule has 0 aromatic heterocycles. The van der Waals surface area contributed by atoms with Crippen molar-refractivity contribution in [1.29, 1.82) is 0 Å². The fourth-order valence-electron chi connectivity index (χ4n) is 10.3. The molecule has 652 valence electrons. The van der Waals surface area contributed by atoms with E-state index in [-0.39, 0.29) is 31.8 Å². The van der Waals surface area contributed by atoms with Gasteiger partial charge in [0.1, 0.15) is 6.61 Å². The van der Waals surface area contributed by atoms with E-state index < -0.39 is 6.10 Å². The number of ether oxygens (including phenoxy) is 25. The number of esters is 2. The maximum atomic E-state index is 12.9. The maximum absolute atomic E-state index is 12.9. The van der Waals surface area contributed by atoms with Crippen LogP contribution in [-0.2, 0) is 128 Å². The number of hydrogen-bond acceptors (Lipinski definition) is 28. The van der Waals surface area contributed by atoms with Crippen molar-refractivity contribution in [2.24, 2.45) is 0 Å². The number of aliphatic hydroxyl groups is 1. The Labute approximate surface area is 659 Å². The van der Waals surface area contributed by atoms with Crippen molar-refractivity contribution in [1.82, 2.24) is 0 Å². The van der Waals surface area contributed by atoms with Gasteiger partial charge in [-0.3, -0.25) is 9.59 Å². The van der Waals surface area contributed by atoms with Gasteiger partial charge in [-0.25, -0.2) is 0 Å². The van der Waals surface area contributed by atoms with Crippen molar-refractivity contribution >= 4 is 11.9 Å². The Balaban J connectivity index is 3.54. The molecule has 0 saturated carbocycles. The monoisotopic (exact) mass is 1580 g/mol. The van der Waals surface area contributed by atoms with E-state index in [1.165, 1.54) is 128 Å². The van der Waals surface area contributed by atoms with E-state index in [2.05, 4.69) is 13.8 Å². The van der Waals surface area contributed by atoms with Gasteiger partial charge < -0.3 is 124 Å². The smallest absolute Gasteiger partial charge is 0.306 e. The second kappa shape index (κ2) is 100. The van der Waals surface area contributed by atoms with Crippen LogP contribution in [0.4, 0.5) is 0 Å². The number of carbonyl (C=O) groups is 2. The highest BCUT2D eigenvalue weighted by atomic mass is 16.6. The van der Waals surface area contributed by atoms with E-state index in [0.29, 0.717) is 310 Å². The summed E-state index contributed by atoms with van der Waals surface area (Å²) in [7, 11) is 0. The predicted octanol–water partition coefficient (Wildman–Crippen LogP) is 10.8. The van der Waals surface area contributed by atoms with Crippen molar-refractivity contribution in [3.05, 3.63) is 0 Å². The lowest BCUT2D eigenvalue weighted by molar-refractivity contribution is -0.163. The Morgan fingerprint density at radius 3 is 0.532 bits per heavy atom. The first-order valence-corrected chi connectivity index (χ1v) is 42.4. The molecule has 109 heavy (non-hydrogen) atoms. The van der Waals surface area contributed by atoms with E-state index in [1.54, 1.807) is 0 Å². The van der Waals surface area contributed by atoms with Crippen LogP contribution in [0.5, 0.6) is 0 Å². The average Bonchev–Trinajstić information content (AvgIpc) is 1.05. The molecule has 0 aromatic rings. The quantitative estimate of drug-likeness (QED) is 0.0437. The Hall–Kier alpha value is -2.02. The van der Waals surface area contributed by atoms with Crippen LogP contribution in [0, 0.1) is 0 Å². The SMILES string of the molecule is CCCCCCCCCCCCCCCC(=O)OC[C@H](COCCOCCOCCOCCOCCOCCOCCOCCOCCOCCOCCOCCOCCOCCOCCOCCOCCOCCOCCOCCOCCOCCOCCO)OC(=O)CCCCCCCCCCCCCCC. The maximum Gasteiger partial charge on any atom is 0.306 e. The standard InChI is InChI=1S/C81H160O28/c1-3-5-7-9-11-13-15-17-19-21-23-25-27-29-80(83)108-78-79(109-81(84)30-28-26-24-22-20-18-16-14-12-10-8-6-4-2)77-107-76-75-106-74-73-105-72-71-104-70-69-103-68-67-102-66-65-101-64-63-100-62-61-99-60-59-98-58-57-97-56-55-96-54-53-95-52-51-94-50-49-93-48-47-92-46-45-91-44-43-90-42-41-89-40-39-88-38-37-87-36-35-86-34-33-85-32-31-82/h79,82H,3-78H2,1-2H3/t79-/m0/s1. The average molecular weight is 1580 g/mol. The van der Waals surface area contributed by atoms with Crippen LogP contribution in [0.25, 0.3) is 0 Å². The molecule has 0 fully saturated rings. The highest BCUT2D eigenvalue weighted by Crippen LogP contribution is 2.16. The summed E-state index contributed by atoms with van der Waals surface area (Å²) in [4.78, 5) is 25.5. The molecule has 0 aliphatic carbocycles. The molecule has 28 nitrogen and oxygen atoms in total. The van der Waals surface area contributed by atoms with Crippen molar-refractivity contribution in [3.8, 4) is 0 Å². The Morgan fingerprint density at radius 1 is 0.193 bits per heavy atom. The first kappa shape index (κ1) is 107. The fraction of sp³-hybridized carbons (Fsp3) is 0.975. The first-order valence-electron chi connectivity index (χ1n) is 42.4. The second-order valence-electron chi connectivity index (χ2n) is 26.1. The molecule has 0 bridgehead atoms. The van der Waals surface area contributed by atoms with Crippen molar-refractivity contribution in [2.75, 3.05) is 317 Å². The number of rotatable bonds is 101. The molecule has 1 N–H and O–H groups in total. The van der Waals surface area contributed by atoms with E-state index in [9.17, 15) is 9.59 Å². The zero-order chi connectivity index (χ0) is 78.1. The molecule has 0 heterocycles. The third-order valence-electron chi connectivity index (χ3n) is 16.4. The van der Waals surface area contributed by atoms with Crippen LogP contribution < -0.4 is 0 Å². The van der Waals surface area contributed by atoms with E-state index in [0.717, 1.165) is 38.5 Å². The highest BCUT2D eigenvalue weighted by Gasteiger charge is 2.18. The minimum atomic E-state index is -0.661. The normalized spacial score (nSPS) is 12.0. The first-order chi connectivity index (χ1) is 54.1. The lowest BCUT2D eigenvalue weighted by Gasteiger charge is -2.18. The highest BCUT2D eigenvalue weighted by molar-refractivity contribution is 5.70. The van der Waals surface area contributed by atoms with Crippen LogP contribution in [-0.4, -0.2) is 340 Å². The molecule has 0 aromatic carbocycles. The summed E-state index contributed by atoms with van der Waals surface area (Å²) in [6.07, 6.45) is 32.4. The Bertz CT molecular complexity index is 1670. The molecule has 0 saturated heterocycles. The van der Waals surface area contributed by atoms with Gasteiger partial charge in [0.25, 0.3) is 0 Å². The minimum Gasteiger partial charge on any atom is -0.462 e. The molecule has 0 rings (SSSR count). The second-order valence-corrected chi connectivity index (χ2v) is 26.1. The molecular formula is C81H160O28. The van der Waals surface area contributed by atoms with Crippen LogP contribution in [0.3, 0.4) is 0 Å². The molecule has 0 aliphatic rings. The summed E-state index contributed by atoms with van der Waals surface area (Å²) in [5, 5.41) is 8.63. The van der Waals surface area contributed by atoms with Gasteiger partial charge >= 0.3 is 11.9 Å². The zero-order valence-electron chi connectivity index (χ0n) is 68.8. The molecular weight excluding hydrogens is 1420 g/mol. The van der Waals surface area contributed by atoms with Gasteiger partial charge in [0.2, 0.25) is 0 Å². The lowest BCUT2D eigenvalue weighted by Crippen LogP contribution is -2.30. The summed E-state index contributed by atoms with van der Waals surface area (Å²) in [6, 6.07) is 0. The van der Waals surface area contributed by atoms with Crippen LogP contribution >= 0.6 is 0 Å². The van der Waals surface area contributed by atoms with Crippen LogP contribution in [0.15, 0.2) is 0 Å². The van der Waals surface area contributed by atoms with Gasteiger partial charge in [-0.1, -0.05) is 168 Å². The number of hydrogen-bond donors (Lipinski definition) is 1. The van der Waals surface area contributed by atoms with Crippen molar-refractivity contribution in [3.63, 3.8) is 0 Å². The number of carbonyl (C=O) groups excluding carboxylic acids is 2. The topological polar surface area (TPSA) is 285 Å². The van der Waals surface area contributed by atoms with E-state index in [1.807, 2.05) is 0 Å². The molecule has 0 spiro atoms. The van der Waals surface area contributed by atoms with Gasteiger partial charge in [-0.2, -0.15) is 0 Å². The fourth-order valence-corrected chi connectivity index (χ4v) is 10.3. The summed E-state index contributed by atoms with van der Waals surface area (Å²) in [5.74, 6) is -0.531. The van der Waals surface area contributed by atoms with Crippen LogP contribution in [0.2, 0.25) is 0 Å². The van der Waals surface area contributed by atoms with Gasteiger partial charge in [0, 0.05) is 12.8 Å². The third-order valence-corrected chi connectivity index (χ3v) is 16.4. The summed E-state index contributed by atoms with van der Waals surface area (Å²) < 4.78 is 139.